The van der Waals surface area contributed by atoms with Crippen LogP contribution < -0.4 is 9.64 Å². The molecule has 21 heavy (non-hydrogen) atoms. The standard InChI is InChI=1S/C17H20FNO2/c1-12(20)15-5-4-6-16(18)17(15)19(2)11-13-7-9-14(21-3)10-8-13/h4-10,12,20H,11H2,1-3H3. The molecule has 0 bridgehead atoms. The average molecular weight is 289 g/mol. The molecular weight excluding hydrogens is 269 g/mol. The van der Waals surface area contributed by atoms with Gasteiger partial charge in [-0.05, 0) is 30.7 Å². The molecule has 0 spiro atoms. The number of rotatable bonds is 5. The zero-order valence-electron chi connectivity index (χ0n) is 12.5. The molecule has 0 aromatic heterocycles. The Balaban J connectivity index is 2.25. The second kappa shape index (κ2) is 6.59. The quantitative estimate of drug-likeness (QED) is 0.914. The highest BCUT2D eigenvalue weighted by Gasteiger charge is 2.16. The second-order valence-electron chi connectivity index (χ2n) is 5.06. The fourth-order valence-electron chi connectivity index (χ4n) is 2.36. The summed E-state index contributed by atoms with van der Waals surface area (Å²) in [6, 6.07) is 12.4. The van der Waals surface area contributed by atoms with Crippen LogP contribution >= 0.6 is 0 Å². The van der Waals surface area contributed by atoms with Gasteiger partial charge in [0.15, 0.2) is 0 Å². The van der Waals surface area contributed by atoms with E-state index in [0.717, 1.165) is 11.3 Å². The number of anilines is 1. The number of aliphatic hydroxyl groups excluding tert-OH is 1. The summed E-state index contributed by atoms with van der Waals surface area (Å²) in [6.07, 6.45) is -0.714. The fraction of sp³-hybridized carbons (Fsp3) is 0.294. The van der Waals surface area contributed by atoms with E-state index in [9.17, 15) is 9.50 Å². The Labute approximate surface area is 124 Å². The first-order valence-electron chi connectivity index (χ1n) is 6.83. The van der Waals surface area contributed by atoms with Gasteiger partial charge in [-0.25, -0.2) is 4.39 Å². The Bertz CT molecular complexity index is 596. The first-order chi connectivity index (χ1) is 10.0. The zero-order valence-corrected chi connectivity index (χ0v) is 12.5. The SMILES string of the molecule is COc1ccc(CN(C)c2c(F)cccc2C(C)O)cc1. The van der Waals surface area contributed by atoms with Gasteiger partial charge in [0.1, 0.15) is 11.6 Å². The van der Waals surface area contributed by atoms with Crippen LogP contribution in [-0.4, -0.2) is 19.3 Å². The molecule has 2 rings (SSSR count). The Kier molecular flexibility index (Phi) is 4.81. The van der Waals surface area contributed by atoms with E-state index in [0.29, 0.717) is 17.8 Å². The molecule has 0 aliphatic carbocycles. The van der Waals surface area contributed by atoms with Crippen LogP contribution in [0, 0.1) is 5.82 Å². The molecule has 4 heteroatoms. The summed E-state index contributed by atoms with van der Waals surface area (Å²) in [5.41, 5.74) is 2.06. The van der Waals surface area contributed by atoms with E-state index in [1.165, 1.54) is 6.07 Å². The van der Waals surface area contributed by atoms with E-state index in [1.54, 1.807) is 31.1 Å². The number of benzene rings is 2. The maximum Gasteiger partial charge on any atom is 0.146 e. The highest BCUT2D eigenvalue weighted by Crippen LogP contribution is 2.29. The molecule has 0 saturated carbocycles. The van der Waals surface area contributed by atoms with Crippen LogP contribution in [0.25, 0.3) is 0 Å². The first-order valence-corrected chi connectivity index (χ1v) is 6.83. The number of hydrogen-bond donors (Lipinski definition) is 1. The molecule has 0 saturated heterocycles. The van der Waals surface area contributed by atoms with Crippen molar-refractivity contribution in [2.24, 2.45) is 0 Å². The summed E-state index contributed by atoms with van der Waals surface area (Å²) < 4.78 is 19.2. The lowest BCUT2D eigenvalue weighted by atomic mass is 10.1. The molecule has 112 valence electrons. The molecule has 0 heterocycles. The van der Waals surface area contributed by atoms with Crippen molar-refractivity contribution in [3.8, 4) is 5.75 Å². The summed E-state index contributed by atoms with van der Waals surface area (Å²) in [5, 5.41) is 9.80. The monoisotopic (exact) mass is 289 g/mol. The van der Waals surface area contributed by atoms with Crippen LogP contribution in [0.2, 0.25) is 0 Å². The Hall–Kier alpha value is -2.07. The summed E-state index contributed by atoms with van der Waals surface area (Å²) >= 11 is 0. The van der Waals surface area contributed by atoms with E-state index in [4.69, 9.17) is 4.74 Å². The molecule has 0 radical (unpaired) electrons. The first kappa shape index (κ1) is 15.3. The number of nitrogens with zero attached hydrogens (tertiary/aromatic N) is 1. The van der Waals surface area contributed by atoms with Crippen molar-refractivity contribution in [1.82, 2.24) is 0 Å². The van der Waals surface area contributed by atoms with E-state index in [1.807, 2.05) is 31.3 Å². The van der Waals surface area contributed by atoms with Gasteiger partial charge < -0.3 is 14.7 Å². The summed E-state index contributed by atoms with van der Waals surface area (Å²) in [6.45, 7) is 2.18. The van der Waals surface area contributed by atoms with E-state index < -0.39 is 6.10 Å². The Morgan fingerprint density at radius 1 is 1.19 bits per heavy atom. The molecule has 2 aromatic rings. The van der Waals surface area contributed by atoms with Gasteiger partial charge in [0.05, 0.1) is 18.9 Å². The molecule has 1 unspecified atom stereocenters. The lowest BCUT2D eigenvalue weighted by Crippen LogP contribution is -2.20. The topological polar surface area (TPSA) is 32.7 Å². The Morgan fingerprint density at radius 3 is 2.43 bits per heavy atom. The maximum absolute atomic E-state index is 14.1. The van der Waals surface area contributed by atoms with E-state index >= 15 is 0 Å². The lowest BCUT2D eigenvalue weighted by molar-refractivity contribution is 0.199. The van der Waals surface area contributed by atoms with Gasteiger partial charge in [-0.2, -0.15) is 0 Å². The van der Waals surface area contributed by atoms with Gasteiger partial charge in [-0.3, -0.25) is 0 Å². The third-order valence-corrected chi connectivity index (χ3v) is 3.43. The van der Waals surface area contributed by atoms with Crippen LogP contribution in [0.5, 0.6) is 5.75 Å². The van der Waals surface area contributed by atoms with Crippen LogP contribution in [0.15, 0.2) is 42.5 Å². The summed E-state index contributed by atoms with van der Waals surface area (Å²) in [7, 11) is 3.43. The minimum absolute atomic E-state index is 0.329. The predicted octanol–water partition coefficient (Wildman–Crippen LogP) is 3.52. The van der Waals surface area contributed by atoms with Gasteiger partial charge in [0.25, 0.3) is 0 Å². The van der Waals surface area contributed by atoms with Gasteiger partial charge in [0.2, 0.25) is 0 Å². The third-order valence-electron chi connectivity index (χ3n) is 3.43. The number of ether oxygens (including phenoxy) is 1. The van der Waals surface area contributed by atoms with Crippen LogP contribution in [-0.2, 0) is 6.54 Å². The molecular formula is C17H20FNO2. The minimum Gasteiger partial charge on any atom is -0.497 e. The van der Waals surface area contributed by atoms with Crippen molar-refractivity contribution in [2.75, 3.05) is 19.1 Å². The minimum atomic E-state index is -0.714. The highest BCUT2D eigenvalue weighted by atomic mass is 19.1. The predicted molar refractivity (Wildman–Crippen MR) is 82.1 cm³/mol. The normalized spacial score (nSPS) is 12.0. The molecule has 2 aromatic carbocycles. The number of methoxy groups -OCH3 is 1. The van der Waals surface area contributed by atoms with E-state index in [2.05, 4.69) is 0 Å². The third kappa shape index (κ3) is 3.52. The van der Waals surface area contributed by atoms with Crippen molar-refractivity contribution in [3.63, 3.8) is 0 Å². The van der Waals surface area contributed by atoms with Gasteiger partial charge in [-0.1, -0.05) is 24.3 Å². The molecule has 1 N–H and O–H groups in total. The zero-order chi connectivity index (χ0) is 15.4. The fourth-order valence-corrected chi connectivity index (χ4v) is 2.36. The molecule has 1 atom stereocenters. The molecule has 0 amide bonds. The Morgan fingerprint density at radius 2 is 1.86 bits per heavy atom. The largest absolute Gasteiger partial charge is 0.497 e. The molecule has 0 fully saturated rings. The number of halogens is 1. The number of hydrogen-bond acceptors (Lipinski definition) is 3. The smallest absolute Gasteiger partial charge is 0.146 e. The van der Waals surface area contributed by atoms with Crippen LogP contribution in [0.4, 0.5) is 10.1 Å². The van der Waals surface area contributed by atoms with Crippen molar-refractivity contribution in [1.29, 1.82) is 0 Å². The second-order valence-corrected chi connectivity index (χ2v) is 5.06. The molecule has 0 aliphatic rings. The molecule has 0 aliphatic heterocycles. The van der Waals surface area contributed by atoms with Gasteiger partial charge in [0, 0.05) is 19.2 Å². The number of aliphatic hydroxyl groups is 1. The highest BCUT2D eigenvalue weighted by molar-refractivity contribution is 5.55. The van der Waals surface area contributed by atoms with Crippen LogP contribution in [0.3, 0.4) is 0 Å². The van der Waals surface area contributed by atoms with Gasteiger partial charge in [-0.15, -0.1) is 0 Å². The van der Waals surface area contributed by atoms with Crippen molar-refractivity contribution in [3.05, 3.63) is 59.4 Å². The van der Waals surface area contributed by atoms with Crippen molar-refractivity contribution in [2.45, 2.75) is 19.6 Å². The lowest BCUT2D eigenvalue weighted by Gasteiger charge is -2.24. The number of para-hydroxylation sites is 1. The maximum atomic E-state index is 14.1. The molecule has 3 nitrogen and oxygen atoms in total. The average Bonchev–Trinajstić information content (AvgIpc) is 2.47. The van der Waals surface area contributed by atoms with E-state index in [-0.39, 0.29) is 5.82 Å². The van der Waals surface area contributed by atoms with Crippen LogP contribution in [0.1, 0.15) is 24.2 Å². The summed E-state index contributed by atoms with van der Waals surface area (Å²) in [4.78, 5) is 1.80. The van der Waals surface area contributed by atoms with Crippen molar-refractivity contribution < 1.29 is 14.2 Å². The van der Waals surface area contributed by atoms with Gasteiger partial charge >= 0.3 is 0 Å². The van der Waals surface area contributed by atoms with Crippen molar-refractivity contribution >= 4 is 5.69 Å². The summed E-state index contributed by atoms with van der Waals surface area (Å²) in [5.74, 6) is 0.460.